The van der Waals surface area contributed by atoms with Gasteiger partial charge in [0.15, 0.2) is 0 Å². The van der Waals surface area contributed by atoms with Crippen molar-refractivity contribution < 1.29 is 29.3 Å². The molecule has 2 unspecified atom stereocenters. The molecule has 2 atom stereocenters. The highest BCUT2D eigenvalue weighted by molar-refractivity contribution is 6.27. The Bertz CT molecular complexity index is 507. The lowest BCUT2D eigenvalue weighted by molar-refractivity contribution is -0.159. The number of nitrogens with two attached hydrogens (primary N) is 1. The average Bonchev–Trinajstić information content (AvgIpc) is 2.55. The Labute approximate surface area is 135 Å². The minimum Gasteiger partial charge on any atom is -0.497 e. The fraction of sp³-hybridized carbons (Fsp3) is 0.500. The SMILES string of the molecule is COc1cccc(COC2CCCCC2N)c1.O=C(O)C(=O)O. The van der Waals surface area contributed by atoms with Gasteiger partial charge in [-0.3, -0.25) is 0 Å². The van der Waals surface area contributed by atoms with Crippen molar-refractivity contribution in [3.05, 3.63) is 29.8 Å². The molecule has 0 amide bonds. The number of carboxylic acids is 2. The Kier molecular flexibility index (Phi) is 8.07. The van der Waals surface area contributed by atoms with Gasteiger partial charge in [-0.05, 0) is 30.5 Å². The van der Waals surface area contributed by atoms with Crippen LogP contribution >= 0.6 is 0 Å². The second kappa shape index (κ2) is 9.81. The molecule has 1 fully saturated rings. The fourth-order valence-electron chi connectivity index (χ4n) is 2.30. The third-order valence-electron chi connectivity index (χ3n) is 3.53. The molecule has 7 nitrogen and oxygen atoms in total. The molecule has 0 heterocycles. The molecule has 0 spiro atoms. The van der Waals surface area contributed by atoms with Crippen LogP contribution in [0.2, 0.25) is 0 Å². The Morgan fingerprint density at radius 1 is 1.22 bits per heavy atom. The first-order valence-electron chi connectivity index (χ1n) is 7.40. The van der Waals surface area contributed by atoms with Crippen LogP contribution in [0.25, 0.3) is 0 Å². The maximum atomic E-state index is 9.10. The number of carbonyl (C=O) groups is 2. The lowest BCUT2D eigenvalue weighted by Gasteiger charge is -2.28. The smallest absolute Gasteiger partial charge is 0.414 e. The molecular weight excluding hydrogens is 302 g/mol. The molecular formula is C16H23NO6. The minimum absolute atomic E-state index is 0.203. The average molecular weight is 325 g/mol. The molecule has 2 rings (SSSR count). The molecule has 128 valence electrons. The van der Waals surface area contributed by atoms with Crippen molar-refractivity contribution in [1.82, 2.24) is 0 Å². The van der Waals surface area contributed by atoms with Gasteiger partial charge in [-0.15, -0.1) is 0 Å². The van der Waals surface area contributed by atoms with Gasteiger partial charge in [-0.2, -0.15) is 0 Å². The molecule has 0 aromatic heterocycles. The van der Waals surface area contributed by atoms with Crippen LogP contribution in [0.3, 0.4) is 0 Å². The van der Waals surface area contributed by atoms with E-state index in [4.69, 9.17) is 35.0 Å². The van der Waals surface area contributed by atoms with Crippen molar-refractivity contribution in [3.8, 4) is 5.75 Å². The summed E-state index contributed by atoms with van der Waals surface area (Å²) in [5, 5.41) is 14.8. The lowest BCUT2D eigenvalue weighted by Crippen LogP contribution is -2.39. The van der Waals surface area contributed by atoms with Crippen LogP contribution in [0, 0.1) is 0 Å². The molecule has 0 aliphatic heterocycles. The molecule has 1 saturated carbocycles. The molecule has 1 aliphatic rings. The van der Waals surface area contributed by atoms with Gasteiger partial charge >= 0.3 is 11.9 Å². The number of ether oxygens (including phenoxy) is 2. The van der Waals surface area contributed by atoms with E-state index in [2.05, 4.69) is 6.07 Å². The van der Waals surface area contributed by atoms with E-state index in [1.165, 1.54) is 12.8 Å². The predicted octanol–water partition coefficient (Wildman–Crippen LogP) is 1.64. The van der Waals surface area contributed by atoms with Crippen LogP contribution in [0.5, 0.6) is 5.75 Å². The highest BCUT2D eigenvalue weighted by Gasteiger charge is 2.22. The maximum absolute atomic E-state index is 9.10. The van der Waals surface area contributed by atoms with Gasteiger partial charge in [-0.25, -0.2) is 9.59 Å². The summed E-state index contributed by atoms with van der Waals surface area (Å²) in [6.07, 6.45) is 4.86. The van der Waals surface area contributed by atoms with Crippen molar-refractivity contribution in [2.75, 3.05) is 7.11 Å². The first-order chi connectivity index (χ1) is 10.9. The summed E-state index contributed by atoms with van der Waals surface area (Å²) >= 11 is 0. The maximum Gasteiger partial charge on any atom is 0.414 e. The van der Waals surface area contributed by atoms with Crippen molar-refractivity contribution in [2.24, 2.45) is 5.73 Å². The zero-order chi connectivity index (χ0) is 17.2. The van der Waals surface area contributed by atoms with Crippen LogP contribution in [0.1, 0.15) is 31.2 Å². The molecule has 0 radical (unpaired) electrons. The second-order valence-electron chi connectivity index (χ2n) is 5.26. The summed E-state index contributed by atoms with van der Waals surface area (Å²) in [7, 11) is 1.68. The number of hydrogen-bond acceptors (Lipinski definition) is 5. The molecule has 4 N–H and O–H groups in total. The van der Waals surface area contributed by atoms with Crippen molar-refractivity contribution in [3.63, 3.8) is 0 Å². The van der Waals surface area contributed by atoms with Gasteiger partial charge in [0.1, 0.15) is 5.75 Å². The molecule has 1 aromatic carbocycles. The molecule has 23 heavy (non-hydrogen) atoms. The summed E-state index contributed by atoms with van der Waals surface area (Å²) < 4.78 is 11.1. The zero-order valence-corrected chi connectivity index (χ0v) is 13.1. The third-order valence-corrected chi connectivity index (χ3v) is 3.53. The van der Waals surface area contributed by atoms with Gasteiger partial charge in [0.2, 0.25) is 0 Å². The molecule has 0 bridgehead atoms. The van der Waals surface area contributed by atoms with Crippen molar-refractivity contribution in [1.29, 1.82) is 0 Å². The Morgan fingerprint density at radius 3 is 2.43 bits per heavy atom. The van der Waals surface area contributed by atoms with Crippen LogP contribution in [-0.2, 0) is 20.9 Å². The van der Waals surface area contributed by atoms with Crippen LogP contribution in [0.15, 0.2) is 24.3 Å². The number of benzene rings is 1. The predicted molar refractivity (Wildman–Crippen MR) is 83.3 cm³/mol. The number of aliphatic carboxylic acids is 2. The monoisotopic (exact) mass is 325 g/mol. The molecule has 1 aromatic rings. The Morgan fingerprint density at radius 2 is 1.87 bits per heavy atom. The zero-order valence-electron chi connectivity index (χ0n) is 13.1. The van der Waals surface area contributed by atoms with Gasteiger partial charge in [0, 0.05) is 6.04 Å². The van der Waals surface area contributed by atoms with Crippen LogP contribution in [0.4, 0.5) is 0 Å². The van der Waals surface area contributed by atoms with Gasteiger partial charge in [-0.1, -0.05) is 25.0 Å². The molecule has 1 aliphatic carbocycles. The van der Waals surface area contributed by atoms with Crippen LogP contribution < -0.4 is 10.5 Å². The van der Waals surface area contributed by atoms with E-state index in [1.54, 1.807) is 7.11 Å². The van der Waals surface area contributed by atoms with E-state index in [9.17, 15) is 0 Å². The van der Waals surface area contributed by atoms with Gasteiger partial charge in [0.25, 0.3) is 0 Å². The van der Waals surface area contributed by atoms with E-state index in [1.807, 2.05) is 18.2 Å². The summed E-state index contributed by atoms with van der Waals surface area (Å²) in [4.78, 5) is 18.2. The normalized spacial score (nSPS) is 20.1. The van der Waals surface area contributed by atoms with Crippen molar-refractivity contribution >= 4 is 11.9 Å². The third kappa shape index (κ3) is 7.12. The summed E-state index contributed by atoms with van der Waals surface area (Å²) in [5.74, 6) is -2.77. The topological polar surface area (TPSA) is 119 Å². The summed E-state index contributed by atoms with van der Waals surface area (Å²) in [6.45, 7) is 0.621. The van der Waals surface area contributed by atoms with E-state index < -0.39 is 11.9 Å². The first kappa shape index (κ1) is 18.9. The molecule has 0 saturated heterocycles. The quantitative estimate of drug-likeness (QED) is 0.720. The van der Waals surface area contributed by atoms with E-state index in [0.29, 0.717) is 6.61 Å². The summed E-state index contributed by atoms with van der Waals surface area (Å²) in [6, 6.07) is 8.19. The number of methoxy groups -OCH3 is 1. The van der Waals surface area contributed by atoms with E-state index >= 15 is 0 Å². The number of hydrogen-bond donors (Lipinski definition) is 3. The van der Waals surface area contributed by atoms with Crippen LogP contribution in [-0.4, -0.2) is 41.4 Å². The highest BCUT2D eigenvalue weighted by atomic mass is 16.5. The Hall–Kier alpha value is -2.12. The first-order valence-corrected chi connectivity index (χ1v) is 7.40. The molecule has 7 heteroatoms. The van der Waals surface area contributed by atoms with Gasteiger partial charge < -0.3 is 25.4 Å². The minimum atomic E-state index is -1.82. The standard InChI is InChI=1S/C14H21NO2.C2H2O4/c1-16-12-6-4-5-11(9-12)10-17-14-8-3-2-7-13(14)15;3-1(4)2(5)6/h4-6,9,13-14H,2-3,7-8,10,15H2,1H3;(H,3,4)(H,5,6). The highest BCUT2D eigenvalue weighted by Crippen LogP contribution is 2.21. The summed E-state index contributed by atoms with van der Waals surface area (Å²) in [5.41, 5.74) is 7.19. The van der Waals surface area contributed by atoms with Gasteiger partial charge in [0.05, 0.1) is 19.8 Å². The van der Waals surface area contributed by atoms with E-state index in [0.717, 1.165) is 24.2 Å². The van der Waals surface area contributed by atoms with E-state index in [-0.39, 0.29) is 12.1 Å². The second-order valence-corrected chi connectivity index (χ2v) is 5.26. The van der Waals surface area contributed by atoms with Crippen molar-refractivity contribution in [2.45, 2.75) is 44.4 Å². The Balaban J connectivity index is 0.000000379. The number of rotatable bonds is 4. The fourth-order valence-corrected chi connectivity index (χ4v) is 2.30. The lowest BCUT2D eigenvalue weighted by atomic mass is 9.93. The number of carboxylic acid groups (broad SMARTS) is 2. The largest absolute Gasteiger partial charge is 0.497 e.